The fourth-order valence-electron chi connectivity index (χ4n) is 1.43. The van der Waals surface area contributed by atoms with E-state index in [-0.39, 0.29) is 5.60 Å². The van der Waals surface area contributed by atoms with Crippen LogP contribution in [0.25, 0.3) is 0 Å². The molecule has 0 bridgehead atoms. The molecule has 1 unspecified atom stereocenters. The van der Waals surface area contributed by atoms with E-state index >= 15 is 0 Å². The van der Waals surface area contributed by atoms with E-state index in [1.807, 2.05) is 6.79 Å². The Hall–Kier alpha value is -0.410. The number of hydrogen-bond donors (Lipinski definition) is 1. The lowest BCUT2D eigenvalue weighted by Gasteiger charge is -2.31. The normalized spacial score (nSPS) is 14.0. The second-order valence-corrected chi connectivity index (χ2v) is 3.34. The highest BCUT2D eigenvalue weighted by Crippen LogP contribution is 2.21. The van der Waals surface area contributed by atoms with Gasteiger partial charge in [-0.3, -0.25) is 0 Å². The molecule has 0 rings (SSSR count). The zero-order valence-corrected chi connectivity index (χ0v) is 9.84. The number of carbonyl (C=O) groups is 1. The Balaban J connectivity index is 0. The number of nitrogens with two attached hydrogens (primary N) is 1. The smallest absolute Gasteiger partial charge is 0.106 e. The molecule has 0 aliphatic rings. The molecule has 0 aliphatic heterocycles. The van der Waals surface area contributed by atoms with Gasteiger partial charge >= 0.3 is 0 Å². The molecule has 0 aliphatic carbocycles. The summed E-state index contributed by atoms with van der Waals surface area (Å²) in [6, 6.07) is 0. The second-order valence-electron chi connectivity index (χ2n) is 3.34. The standard InChI is InChI=1S/C10H23NO.CH2O/c1-4-7-10(6-3,9-11)12-8-5-2;1-2/h4-9,11H2,1-3H3;1H2. The minimum absolute atomic E-state index is 0.0369. The lowest BCUT2D eigenvalue weighted by molar-refractivity contribution is -0.0979. The first-order chi connectivity index (χ1) is 6.74. The number of rotatable bonds is 7. The van der Waals surface area contributed by atoms with Gasteiger partial charge in [-0.2, -0.15) is 0 Å². The summed E-state index contributed by atoms with van der Waals surface area (Å²) in [5.74, 6) is 0. The zero-order valence-electron chi connectivity index (χ0n) is 9.84. The van der Waals surface area contributed by atoms with Crippen molar-refractivity contribution in [2.45, 2.75) is 52.1 Å². The van der Waals surface area contributed by atoms with Crippen molar-refractivity contribution in [3.05, 3.63) is 0 Å². The van der Waals surface area contributed by atoms with Crippen LogP contribution in [0.5, 0.6) is 0 Å². The molecule has 0 saturated carbocycles. The van der Waals surface area contributed by atoms with E-state index in [9.17, 15) is 0 Å². The van der Waals surface area contributed by atoms with Gasteiger partial charge in [0.05, 0.1) is 5.60 Å². The molecule has 14 heavy (non-hydrogen) atoms. The van der Waals surface area contributed by atoms with Crippen LogP contribution >= 0.6 is 0 Å². The molecule has 0 aromatic heterocycles. The Morgan fingerprint density at radius 1 is 1.21 bits per heavy atom. The van der Waals surface area contributed by atoms with Gasteiger partial charge in [0.25, 0.3) is 0 Å². The molecular weight excluding hydrogens is 178 g/mol. The van der Waals surface area contributed by atoms with Crippen molar-refractivity contribution in [3.8, 4) is 0 Å². The van der Waals surface area contributed by atoms with Gasteiger partial charge in [-0.05, 0) is 19.3 Å². The van der Waals surface area contributed by atoms with E-state index in [1.165, 1.54) is 0 Å². The van der Waals surface area contributed by atoms with Crippen LogP contribution < -0.4 is 5.73 Å². The average Bonchev–Trinajstić information content (AvgIpc) is 2.27. The van der Waals surface area contributed by atoms with Crippen LogP contribution in [-0.4, -0.2) is 25.5 Å². The fraction of sp³-hybridized carbons (Fsp3) is 0.909. The van der Waals surface area contributed by atoms with Crippen LogP contribution in [0.4, 0.5) is 0 Å². The third-order valence-corrected chi connectivity index (χ3v) is 2.33. The van der Waals surface area contributed by atoms with Crippen molar-refractivity contribution in [1.82, 2.24) is 0 Å². The van der Waals surface area contributed by atoms with E-state index in [4.69, 9.17) is 15.3 Å². The number of carbonyl (C=O) groups excluding carboxylic acids is 1. The van der Waals surface area contributed by atoms with E-state index in [0.29, 0.717) is 6.54 Å². The van der Waals surface area contributed by atoms with E-state index in [0.717, 1.165) is 32.3 Å². The Bertz CT molecular complexity index is 114. The molecule has 0 radical (unpaired) electrons. The number of ether oxygens (including phenoxy) is 1. The summed E-state index contributed by atoms with van der Waals surface area (Å²) >= 11 is 0. The maximum absolute atomic E-state index is 8.00. The average molecular weight is 203 g/mol. The monoisotopic (exact) mass is 203 g/mol. The van der Waals surface area contributed by atoms with E-state index < -0.39 is 0 Å². The first-order valence-electron chi connectivity index (χ1n) is 5.37. The molecular formula is C11H25NO2. The first kappa shape index (κ1) is 16.0. The lowest BCUT2D eigenvalue weighted by Crippen LogP contribution is -2.40. The molecule has 0 aromatic rings. The third-order valence-electron chi connectivity index (χ3n) is 2.33. The summed E-state index contributed by atoms with van der Waals surface area (Å²) in [4.78, 5) is 8.00. The van der Waals surface area contributed by atoms with Gasteiger partial charge in [-0.1, -0.05) is 27.2 Å². The van der Waals surface area contributed by atoms with Gasteiger partial charge in [0.15, 0.2) is 0 Å². The molecule has 0 aromatic carbocycles. The molecule has 0 fully saturated rings. The highest BCUT2D eigenvalue weighted by atomic mass is 16.5. The van der Waals surface area contributed by atoms with Crippen LogP contribution in [0.1, 0.15) is 46.5 Å². The Labute approximate surface area is 88.0 Å². The Morgan fingerprint density at radius 2 is 1.79 bits per heavy atom. The summed E-state index contributed by atoms with van der Waals surface area (Å²) in [6.07, 6.45) is 4.33. The molecule has 0 amide bonds. The number of hydrogen-bond acceptors (Lipinski definition) is 3. The van der Waals surface area contributed by atoms with E-state index in [1.54, 1.807) is 0 Å². The summed E-state index contributed by atoms with van der Waals surface area (Å²) < 4.78 is 5.79. The summed E-state index contributed by atoms with van der Waals surface area (Å²) in [7, 11) is 0. The molecule has 2 N–H and O–H groups in total. The highest BCUT2D eigenvalue weighted by molar-refractivity contribution is 5.10. The van der Waals surface area contributed by atoms with Gasteiger partial charge < -0.3 is 15.3 Å². The van der Waals surface area contributed by atoms with Crippen LogP contribution in [0, 0.1) is 0 Å². The lowest BCUT2D eigenvalue weighted by atomic mass is 9.95. The Kier molecular flexibility index (Phi) is 12.2. The Morgan fingerprint density at radius 3 is 2.07 bits per heavy atom. The molecule has 0 heterocycles. The molecule has 0 spiro atoms. The summed E-state index contributed by atoms with van der Waals surface area (Å²) in [6.45, 7) is 9.94. The molecule has 0 saturated heterocycles. The second kappa shape index (κ2) is 10.7. The van der Waals surface area contributed by atoms with Crippen LogP contribution in [-0.2, 0) is 9.53 Å². The van der Waals surface area contributed by atoms with Gasteiger partial charge in [-0.25, -0.2) is 0 Å². The van der Waals surface area contributed by atoms with Gasteiger partial charge in [0, 0.05) is 13.2 Å². The molecule has 1 atom stereocenters. The van der Waals surface area contributed by atoms with Crippen LogP contribution in [0.3, 0.4) is 0 Å². The minimum atomic E-state index is -0.0369. The maximum Gasteiger partial charge on any atom is 0.106 e. The topological polar surface area (TPSA) is 52.3 Å². The molecule has 3 nitrogen and oxygen atoms in total. The van der Waals surface area contributed by atoms with Crippen molar-refractivity contribution in [2.75, 3.05) is 13.2 Å². The fourth-order valence-corrected chi connectivity index (χ4v) is 1.43. The SMILES string of the molecule is C=O.CCCOC(CC)(CN)CCC. The summed E-state index contributed by atoms with van der Waals surface area (Å²) in [5.41, 5.74) is 5.68. The third kappa shape index (κ3) is 6.11. The highest BCUT2D eigenvalue weighted by Gasteiger charge is 2.25. The van der Waals surface area contributed by atoms with Crippen molar-refractivity contribution in [3.63, 3.8) is 0 Å². The van der Waals surface area contributed by atoms with Crippen LogP contribution in [0.2, 0.25) is 0 Å². The van der Waals surface area contributed by atoms with Gasteiger partial charge in [0.1, 0.15) is 6.79 Å². The predicted molar refractivity (Wildman–Crippen MR) is 60.3 cm³/mol. The van der Waals surface area contributed by atoms with Crippen molar-refractivity contribution in [1.29, 1.82) is 0 Å². The quantitative estimate of drug-likeness (QED) is 0.689. The van der Waals surface area contributed by atoms with Crippen molar-refractivity contribution in [2.24, 2.45) is 5.73 Å². The van der Waals surface area contributed by atoms with Gasteiger partial charge in [-0.15, -0.1) is 0 Å². The molecule has 86 valence electrons. The van der Waals surface area contributed by atoms with E-state index in [2.05, 4.69) is 20.8 Å². The van der Waals surface area contributed by atoms with Crippen LogP contribution in [0.15, 0.2) is 0 Å². The first-order valence-corrected chi connectivity index (χ1v) is 5.37. The van der Waals surface area contributed by atoms with Gasteiger partial charge in [0.2, 0.25) is 0 Å². The van der Waals surface area contributed by atoms with Crippen molar-refractivity contribution < 1.29 is 9.53 Å². The summed E-state index contributed by atoms with van der Waals surface area (Å²) in [5, 5.41) is 0. The minimum Gasteiger partial charge on any atom is -0.374 e. The molecule has 3 heteroatoms. The van der Waals surface area contributed by atoms with Crippen molar-refractivity contribution >= 4 is 6.79 Å². The largest absolute Gasteiger partial charge is 0.374 e. The predicted octanol–water partition coefficient (Wildman–Crippen LogP) is 2.14. The zero-order chi connectivity index (χ0) is 11.4. The maximum atomic E-state index is 8.00.